The number of hydrogen-bond donors (Lipinski definition) is 0. The molecule has 0 aliphatic carbocycles. The second-order valence-corrected chi connectivity index (χ2v) is 5.64. The highest BCUT2D eigenvalue weighted by molar-refractivity contribution is 9.28. The van der Waals surface area contributed by atoms with E-state index in [1.807, 2.05) is 6.07 Å². The summed E-state index contributed by atoms with van der Waals surface area (Å²) in [5.41, 5.74) is 0.791. The van der Waals surface area contributed by atoms with Crippen LogP contribution in [0.3, 0.4) is 0 Å². The molecule has 1 aromatic rings. The van der Waals surface area contributed by atoms with E-state index in [0.29, 0.717) is 4.47 Å². The van der Waals surface area contributed by atoms with Crippen LogP contribution in [0.5, 0.6) is 0 Å². The summed E-state index contributed by atoms with van der Waals surface area (Å²) in [7, 11) is 0. The topological polar surface area (TPSA) is 0 Å². The Balaban J connectivity index is 3.17. The van der Waals surface area contributed by atoms with Crippen LogP contribution in [-0.4, -0.2) is 0 Å². The maximum atomic E-state index is 12.9. The lowest BCUT2D eigenvalue weighted by molar-refractivity contribution is 0.621. The van der Waals surface area contributed by atoms with Gasteiger partial charge in [-0.2, -0.15) is 0 Å². The highest BCUT2D eigenvalue weighted by Crippen LogP contribution is 2.25. The predicted octanol–water partition coefficient (Wildman–Crippen LogP) is 4.68. The van der Waals surface area contributed by atoms with Crippen LogP contribution in [0.4, 0.5) is 4.39 Å². The van der Waals surface area contributed by atoms with Crippen molar-refractivity contribution in [3.63, 3.8) is 0 Å². The van der Waals surface area contributed by atoms with Crippen molar-refractivity contribution in [2.24, 2.45) is 0 Å². The Labute approximate surface area is 95.2 Å². The molecule has 0 spiro atoms. The van der Waals surface area contributed by atoms with Crippen LogP contribution in [-0.2, 0) is 0 Å². The second-order valence-electron chi connectivity index (χ2n) is 2.08. The lowest BCUT2D eigenvalue weighted by atomic mass is 10.2. The first-order chi connectivity index (χ1) is 5.61. The summed E-state index contributed by atoms with van der Waals surface area (Å²) in [5, 5.41) is 0. The quantitative estimate of drug-likeness (QED) is 0.684. The van der Waals surface area contributed by atoms with Crippen molar-refractivity contribution in [2.45, 2.75) is 0 Å². The molecule has 0 aliphatic rings. The second kappa shape index (κ2) is 4.53. The molecule has 0 aliphatic heterocycles. The number of hydrogen-bond acceptors (Lipinski definition) is 0. The van der Waals surface area contributed by atoms with Gasteiger partial charge in [-0.05, 0) is 65.5 Å². The predicted molar refractivity (Wildman–Crippen MR) is 59.9 cm³/mol. The van der Waals surface area contributed by atoms with Gasteiger partial charge in [-0.25, -0.2) is 4.39 Å². The monoisotopic (exact) mass is 356 g/mol. The minimum absolute atomic E-state index is 0.259. The fourth-order valence-corrected chi connectivity index (χ4v) is 1.62. The molecule has 0 saturated heterocycles. The Hall–Kier alpha value is 0.330. The van der Waals surface area contributed by atoms with Crippen molar-refractivity contribution in [3.8, 4) is 0 Å². The highest BCUT2D eigenvalue weighted by Gasteiger charge is 2.01. The lowest BCUT2D eigenvalue weighted by Crippen LogP contribution is -1.80. The first kappa shape index (κ1) is 10.4. The molecule has 0 saturated carbocycles. The zero-order valence-corrected chi connectivity index (χ0v) is 10.6. The van der Waals surface area contributed by atoms with Gasteiger partial charge in [0.2, 0.25) is 0 Å². The molecule has 0 unspecified atom stereocenters. The van der Waals surface area contributed by atoms with Crippen molar-refractivity contribution in [1.29, 1.82) is 0 Å². The molecule has 0 aromatic heterocycles. The fourth-order valence-electron chi connectivity index (χ4n) is 0.750. The van der Waals surface area contributed by atoms with E-state index in [0.717, 1.165) is 8.96 Å². The minimum Gasteiger partial charge on any atom is -0.206 e. The third-order valence-electron chi connectivity index (χ3n) is 1.25. The molecule has 0 heterocycles. The Kier molecular flexibility index (Phi) is 3.93. The average Bonchev–Trinajstić information content (AvgIpc) is 1.98. The van der Waals surface area contributed by atoms with E-state index in [2.05, 4.69) is 47.8 Å². The van der Waals surface area contributed by atoms with Crippen molar-refractivity contribution >= 4 is 53.9 Å². The van der Waals surface area contributed by atoms with E-state index in [-0.39, 0.29) is 5.82 Å². The number of benzene rings is 1. The Morgan fingerprint density at radius 1 is 1.33 bits per heavy atom. The maximum Gasteiger partial charge on any atom is 0.137 e. The number of rotatable bonds is 1. The smallest absolute Gasteiger partial charge is 0.137 e. The molecule has 4 heteroatoms. The summed E-state index contributed by atoms with van der Waals surface area (Å²) in [6.07, 6.45) is 1.77. The zero-order chi connectivity index (χ0) is 9.14. The molecule has 64 valence electrons. The van der Waals surface area contributed by atoms with Crippen molar-refractivity contribution in [1.82, 2.24) is 0 Å². The molecule has 0 atom stereocenters. The first-order valence-corrected chi connectivity index (χ1v) is 5.46. The Morgan fingerprint density at radius 2 is 2.00 bits per heavy atom. The molecule has 1 rings (SSSR count). The number of halogens is 4. The molecule has 12 heavy (non-hydrogen) atoms. The molecule has 0 nitrogen and oxygen atoms in total. The van der Waals surface area contributed by atoms with E-state index < -0.39 is 0 Å². The van der Waals surface area contributed by atoms with Crippen LogP contribution >= 0.6 is 47.8 Å². The summed E-state index contributed by atoms with van der Waals surface area (Å²) in [6.45, 7) is 0. The van der Waals surface area contributed by atoms with E-state index in [1.54, 1.807) is 12.1 Å². The summed E-state index contributed by atoms with van der Waals surface area (Å²) in [4.78, 5) is 0. The fraction of sp³-hybridized carbons (Fsp3) is 0. The maximum absolute atomic E-state index is 12.9. The van der Waals surface area contributed by atoms with Gasteiger partial charge in [0.1, 0.15) is 5.82 Å². The summed E-state index contributed by atoms with van der Waals surface area (Å²) in [6, 6.07) is 4.88. The van der Waals surface area contributed by atoms with Gasteiger partial charge >= 0.3 is 0 Å². The van der Waals surface area contributed by atoms with Gasteiger partial charge in [-0.15, -0.1) is 0 Å². The largest absolute Gasteiger partial charge is 0.206 e. The molecular weight excluding hydrogens is 355 g/mol. The van der Waals surface area contributed by atoms with Gasteiger partial charge in [0.25, 0.3) is 0 Å². The van der Waals surface area contributed by atoms with Crippen LogP contribution < -0.4 is 0 Å². The standard InChI is InChI=1S/C8H4Br3F/c9-7(10)4-5-2-1-3-6(12)8(5)11/h1-4H. The van der Waals surface area contributed by atoms with Crippen molar-refractivity contribution in [2.75, 3.05) is 0 Å². The third kappa shape index (κ3) is 2.68. The Bertz CT molecular complexity index is 316. The normalized spacial score (nSPS) is 9.67. The summed E-state index contributed by atoms with van der Waals surface area (Å²) < 4.78 is 14.2. The van der Waals surface area contributed by atoms with E-state index in [4.69, 9.17) is 0 Å². The van der Waals surface area contributed by atoms with Gasteiger partial charge < -0.3 is 0 Å². The van der Waals surface area contributed by atoms with Crippen LogP contribution in [0.2, 0.25) is 0 Å². The van der Waals surface area contributed by atoms with E-state index >= 15 is 0 Å². The third-order valence-corrected chi connectivity index (χ3v) is 2.54. The van der Waals surface area contributed by atoms with Crippen LogP contribution in [0.25, 0.3) is 6.08 Å². The minimum atomic E-state index is -0.259. The van der Waals surface area contributed by atoms with Gasteiger partial charge in [0.15, 0.2) is 0 Å². The van der Waals surface area contributed by atoms with Gasteiger partial charge in [-0.3, -0.25) is 0 Å². The summed E-state index contributed by atoms with van der Waals surface area (Å²) in [5.74, 6) is -0.259. The van der Waals surface area contributed by atoms with Crippen LogP contribution in [0, 0.1) is 5.82 Å². The van der Waals surface area contributed by atoms with Crippen molar-refractivity contribution < 1.29 is 4.39 Å². The van der Waals surface area contributed by atoms with E-state index in [9.17, 15) is 4.39 Å². The molecule has 0 bridgehead atoms. The SMILES string of the molecule is Fc1cccc(C=C(Br)Br)c1Br. The van der Waals surface area contributed by atoms with Crippen LogP contribution in [0.15, 0.2) is 26.1 Å². The van der Waals surface area contributed by atoms with E-state index in [1.165, 1.54) is 6.07 Å². The van der Waals surface area contributed by atoms with Gasteiger partial charge in [0.05, 0.1) is 7.86 Å². The molecule has 1 aromatic carbocycles. The molecule has 0 amide bonds. The first-order valence-electron chi connectivity index (χ1n) is 3.08. The molecular formula is C8H4Br3F. The van der Waals surface area contributed by atoms with Gasteiger partial charge in [-0.1, -0.05) is 12.1 Å². The average molecular weight is 359 g/mol. The summed E-state index contributed by atoms with van der Waals surface area (Å²) >= 11 is 9.56. The van der Waals surface area contributed by atoms with Crippen molar-refractivity contribution in [3.05, 3.63) is 37.4 Å². The van der Waals surface area contributed by atoms with Crippen LogP contribution in [0.1, 0.15) is 5.56 Å². The molecule has 0 fully saturated rings. The molecule has 0 N–H and O–H groups in total. The van der Waals surface area contributed by atoms with Gasteiger partial charge in [0, 0.05) is 0 Å². The highest BCUT2D eigenvalue weighted by atomic mass is 79.9. The molecule has 0 radical (unpaired) electrons. The Morgan fingerprint density at radius 3 is 2.58 bits per heavy atom. The zero-order valence-electron chi connectivity index (χ0n) is 5.82. The lowest BCUT2D eigenvalue weighted by Gasteiger charge is -1.98.